The number of fused-ring (bicyclic) bond motifs is 1. The Kier molecular flexibility index (Phi) is 5.34. The van der Waals surface area contributed by atoms with Crippen molar-refractivity contribution < 1.29 is 13.9 Å². The number of nitrogens with zero attached hydrogens (tertiary/aromatic N) is 2. The van der Waals surface area contributed by atoms with E-state index in [0.29, 0.717) is 12.2 Å². The molecular weight excluding hydrogens is 369 g/mol. The molecule has 0 unspecified atom stereocenters. The molecule has 1 N–H and O–H groups in total. The minimum Gasteiger partial charge on any atom is -0.491 e. The Hall–Kier alpha value is -3.15. The first-order valence-corrected chi connectivity index (χ1v) is 9.92. The van der Waals surface area contributed by atoms with Crippen LogP contribution in [0.15, 0.2) is 48.5 Å². The summed E-state index contributed by atoms with van der Waals surface area (Å²) in [6.07, 6.45) is 2.82. The Morgan fingerprint density at radius 1 is 1.14 bits per heavy atom. The average Bonchev–Trinajstić information content (AvgIpc) is 3.30. The molecule has 150 valence electrons. The fraction of sp³-hybridized carbons (Fsp3) is 0.304. The lowest BCUT2D eigenvalue weighted by Gasteiger charge is -2.10. The quantitative estimate of drug-likeness (QED) is 0.682. The summed E-state index contributed by atoms with van der Waals surface area (Å²) in [5.74, 6) is 0.331. The first-order chi connectivity index (χ1) is 14.0. The summed E-state index contributed by atoms with van der Waals surface area (Å²) in [4.78, 5) is 12.8. The van der Waals surface area contributed by atoms with E-state index in [2.05, 4.69) is 10.4 Å². The number of benzene rings is 2. The van der Waals surface area contributed by atoms with Crippen molar-refractivity contribution in [3.63, 3.8) is 0 Å². The molecule has 0 atom stereocenters. The van der Waals surface area contributed by atoms with Crippen LogP contribution < -0.4 is 10.1 Å². The first kappa shape index (κ1) is 19.2. The van der Waals surface area contributed by atoms with Crippen LogP contribution in [0.3, 0.4) is 0 Å². The number of nitrogens with one attached hydrogen (secondary N) is 1. The van der Waals surface area contributed by atoms with Gasteiger partial charge in [-0.25, -0.2) is 9.07 Å². The molecule has 0 bridgehead atoms. The average molecular weight is 393 g/mol. The van der Waals surface area contributed by atoms with Gasteiger partial charge in [0.25, 0.3) is 5.91 Å². The third kappa shape index (κ3) is 4.16. The van der Waals surface area contributed by atoms with Gasteiger partial charge in [0, 0.05) is 17.8 Å². The van der Waals surface area contributed by atoms with Gasteiger partial charge in [-0.2, -0.15) is 5.10 Å². The molecule has 0 fully saturated rings. The van der Waals surface area contributed by atoms with Gasteiger partial charge in [0.15, 0.2) is 5.69 Å². The van der Waals surface area contributed by atoms with E-state index in [1.165, 1.54) is 12.1 Å². The van der Waals surface area contributed by atoms with Crippen molar-refractivity contribution in [2.45, 2.75) is 45.8 Å². The van der Waals surface area contributed by atoms with Crippen LogP contribution >= 0.6 is 0 Å². The maximum absolute atomic E-state index is 13.3. The molecule has 1 amide bonds. The molecule has 0 saturated carbocycles. The van der Waals surface area contributed by atoms with Crippen molar-refractivity contribution in [1.82, 2.24) is 15.1 Å². The minimum absolute atomic E-state index is 0.124. The molecule has 1 aliphatic carbocycles. The highest BCUT2D eigenvalue weighted by molar-refractivity contribution is 5.94. The molecule has 1 aliphatic rings. The summed E-state index contributed by atoms with van der Waals surface area (Å²) in [6.45, 7) is 4.38. The van der Waals surface area contributed by atoms with Crippen LogP contribution in [0.1, 0.15) is 47.6 Å². The van der Waals surface area contributed by atoms with Gasteiger partial charge in [-0.3, -0.25) is 4.79 Å². The molecule has 4 rings (SSSR count). The van der Waals surface area contributed by atoms with Gasteiger partial charge in [0.1, 0.15) is 11.6 Å². The van der Waals surface area contributed by atoms with Gasteiger partial charge < -0.3 is 10.1 Å². The van der Waals surface area contributed by atoms with Crippen molar-refractivity contribution in [1.29, 1.82) is 0 Å². The second kappa shape index (κ2) is 8.07. The molecule has 2 aromatic carbocycles. The predicted molar refractivity (Wildman–Crippen MR) is 109 cm³/mol. The fourth-order valence-electron chi connectivity index (χ4n) is 3.64. The summed E-state index contributed by atoms with van der Waals surface area (Å²) in [5, 5.41) is 7.52. The second-order valence-corrected chi connectivity index (χ2v) is 7.51. The van der Waals surface area contributed by atoms with E-state index in [1.807, 2.05) is 38.1 Å². The third-order valence-electron chi connectivity index (χ3n) is 4.96. The maximum atomic E-state index is 13.3. The number of aromatic nitrogens is 2. The monoisotopic (exact) mass is 393 g/mol. The summed E-state index contributed by atoms with van der Waals surface area (Å²) >= 11 is 0. The first-order valence-electron chi connectivity index (χ1n) is 9.92. The van der Waals surface area contributed by atoms with E-state index in [-0.39, 0.29) is 17.8 Å². The van der Waals surface area contributed by atoms with Gasteiger partial charge in [-0.05, 0) is 75.1 Å². The standard InChI is InChI=1S/C23H24FN3O2/c1-15(2)29-19-12-6-16(7-13-19)14-25-23(28)22-20-4-3-5-21(20)27(26-22)18-10-8-17(24)9-11-18/h6-13,15H,3-5,14H2,1-2H3,(H,25,28). The number of hydrogen-bond acceptors (Lipinski definition) is 3. The van der Waals surface area contributed by atoms with Gasteiger partial charge in [0.2, 0.25) is 0 Å². The number of carbonyl (C=O) groups excluding carboxylic acids is 1. The van der Waals surface area contributed by atoms with Gasteiger partial charge >= 0.3 is 0 Å². The lowest BCUT2D eigenvalue weighted by Crippen LogP contribution is -2.24. The number of rotatable bonds is 6. The molecule has 1 aromatic heterocycles. The summed E-state index contributed by atoms with van der Waals surface area (Å²) in [7, 11) is 0. The van der Waals surface area contributed by atoms with E-state index >= 15 is 0 Å². The highest BCUT2D eigenvalue weighted by atomic mass is 19.1. The van der Waals surface area contributed by atoms with Gasteiger partial charge in [0.05, 0.1) is 11.8 Å². The van der Waals surface area contributed by atoms with Crippen LogP contribution in [-0.4, -0.2) is 21.8 Å². The van der Waals surface area contributed by atoms with E-state index < -0.39 is 0 Å². The topological polar surface area (TPSA) is 56.1 Å². The van der Waals surface area contributed by atoms with Crippen LogP contribution in [-0.2, 0) is 19.4 Å². The van der Waals surface area contributed by atoms with E-state index in [0.717, 1.165) is 47.5 Å². The number of carbonyl (C=O) groups is 1. The predicted octanol–water partition coefficient (Wildman–Crippen LogP) is 4.22. The molecular formula is C23H24FN3O2. The normalized spacial score (nSPS) is 12.8. The molecule has 0 saturated heterocycles. The molecule has 0 spiro atoms. The fourth-order valence-corrected chi connectivity index (χ4v) is 3.64. The molecule has 1 heterocycles. The van der Waals surface area contributed by atoms with Crippen molar-refractivity contribution in [3.05, 3.63) is 76.9 Å². The Bertz CT molecular complexity index is 1010. The van der Waals surface area contributed by atoms with Crippen molar-refractivity contribution in [2.24, 2.45) is 0 Å². The summed E-state index contributed by atoms with van der Waals surface area (Å²) in [5.41, 5.74) is 4.25. The summed E-state index contributed by atoms with van der Waals surface area (Å²) in [6, 6.07) is 13.9. The van der Waals surface area contributed by atoms with Gasteiger partial charge in [-0.15, -0.1) is 0 Å². The number of hydrogen-bond donors (Lipinski definition) is 1. The van der Waals surface area contributed by atoms with Crippen molar-refractivity contribution in [2.75, 3.05) is 0 Å². The maximum Gasteiger partial charge on any atom is 0.272 e. The molecule has 6 heteroatoms. The molecule has 0 aliphatic heterocycles. The van der Waals surface area contributed by atoms with Crippen molar-refractivity contribution >= 4 is 5.91 Å². The minimum atomic E-state index is -0.291. The molecule has 0 radical (unpaired) electrons. The van der Waals surface area contributed by atoms with Crippen LogP contribution in [0, 0.1) is 5.82 Å². The zero-order valence-electron chi connectivity index (χ0n) is 16.6. The van der Waals surface area contributed by atoms with Crippen LogP contribution in [0.4, 0.5) is 4.39 Å². The molecule has 29 heavy (non-hydrogen) atoms. The molecule has 5 nitrogen and oxygen atoms in total. The highest BCUT2D eigenvalue weighted by Crippen LogP contribution is 2.28. The van der Waals surface area contributed by atoms with Crippen LogP contribution in [0.5, 0.6) is 5.75 Å². The van der Waals surface area contributed by atoms with Gasteiger partial charge in [-0.1, -0.05) is 12.1 Å². The van der Waals surface area contributed by atoms with Crippen LogP contribution in [0.2, 0.25) is 0 Å². The molecule has 3 aromatic rings. The smallest absolute Gasteiger partial charge is 0.272 e. The third-order valence-corrected chi connectivity index (χ3v) is 4.96. The largest absolute Gasteiger partial charge is 0.491 e. The van der Waals surface area contributed by atoms with E-state index in [1.54, 1.807) is 16.8 Å². The second-order valence-electron chi connectivity index (χ2n) is 7.51. The number of ether oxygens (including phenoxy) is 1. The SMILES string of the molecule is CC(C)Oc1ccc(CNC(=O)c2nn(-c3ccc(F)cc3)c3c2CCC3)cc1. The van der Waals surface area contributed by atoms with E-state index in [9.17, 15) is 9.18 Å². The Morgan fingerprint density at radius 3 is 2.55 bits per heavy atom. The number of halogens is 1. The van der Waals surface area contributed by atoms with Crippen molar-refractivity contribution in [3.8, 4) is 11.4 Å². The number of amides is 1. The Balaban J connectivity index is 1.49. The lowest BCUT2D eigenvalue weighted by molar-refractivity contribution is 0.0944. The highest BCUT2D eigenvalue weighted by Gasteiger charge is 2.26. The zero-order chi connectivity index (χ0) is 20.4. The van der Waals surface area contributed by atoms with Crippen LogP contribution in [0.25, 0.3) is 5.69 Å². The van der Waals surface area contributed by atoms with E-state index in [4.69, 9.17) is 4.74 Å². The summed E-state index contributed by atoms with van der Waals surface area (Å²) < 4.78 is 20.7. The Morgan fingerprint density at radius 2 is 1.86 bits per heavy atom. The zero-order valence-corrected chi connectivity index (χ0v) is 16.6. The Labute approximate surface area is 169 Å². The lowest BCUT2D eigenvalue weighted by atomic mass is 10.1.